The summed E-state index contributed by atoms with van der Waals surface area (Å²) in [5, 5.41) is 2.59. The zero-order valence-corrected chi connectivity index (χ0v) is 16.8. The summed E-state index contributed by atoms with van der Waals surface area (Å²) < 4.78 is 5.10. The fourth-order valence-electron chi connectivity index (χ4n) is 3.32. The van der Waals surface area contributed by atoms with Gasteiger partial charge in [-0.15, -0.1) is 0 Å². The Balaban J connectivity index is 1.44. The van der Waals surface area contributed by atoms with Crippen LogP contribution in [0.25, 0.3) is 0 Å². The van der Waals surface area contributed by atoms with Gasteiger partial charge < -0.3 is 15.0 Å². The number of hydrogen-bond acceptors (Lipinski definition) is 5. The van der Waals surface area contributed by atoms with E-state index in [1.807, 2.05) is 30.3 Å². The summed E-state index contributed by atoms with van der Waals surface area (Å²) in [5.74, 6) is -1.83. The predicted octanol–water partition coefficient (Wildman–Crippen LogP) is 2.46. The van der Waals surface area contributed by atoms with Crippen LogP contribution in [-0.4, -0.2) is 48.2 Å². The molecule has 0 bridgehead atoms. The molecule has 1 heterocycles. The van der Waals surface area contributed by atoms with Gasteiger partial charge in [0, 0.05) is 30.8 Å². The molecule has 1 N–H and O–H groups in total. The Labute approximate surface area is 175 Å². The maximum atomic E-state index is 12.3. The molecule has 2 aromatic rings. The number of carbonyl (C=O) groups is 4. The Morgan fingerprint density at radius 1 is 1.10 bits per heavy atom. The highest BCUT2D eigenvalue weighted by Crippen LogP contribution is 2.20. The first kappa shape index (κ1) is 21.2. The van der Waals surface area contributed by atoms with Gasteiger partial charge in [0.2, 0.25) is 5.91 Å². The summed E-state index contributed by atoms with van der Waals surface area (Å²) in [6.07, 6.45) is 0.811. The van der Waals surface area contributed by atoms with Gasteiger partial charge in [-0.2, -0.15) is 0 Å². The van der Waals surface area contributed by atoms with Crippen molar-refractivity contribution in [3.63, 3.8) is 0 Å². The Kier molecular flexibility index (Phi) is 6.95. The van der Waals surface area contributed by atoms with Crippen LogP contribution in [0.2, 0.25) is 0 Å². The lowest BCUT2D eigenvalue weighted by atomic mass is 10.1. The maximum Gasteiger partial charge on any atom is 0.311 e. The summed E-state index contributed by atoms with van der Waals surface area (Å²) in [7, 11) is 0. The van der Waals surface area contributed by atoms with E-state index in [0.717, 1.165) is 12.0 Å². The number of likely N-dealkylation sites (tertiary alicyclic amines) is 1. The number of ether oxygens (including phenoxy) is 1. The average Bonchev–Trinajstić information content (AvgIpc) is 3.12. The first-order chi connectivity index (χ1) is 14.4. The first-order valence-electron chi connectivity index (χ1n) is 9.81. The van der Waals surface area contributed by atoms with Crippen LogP contribution < -0.4 is 5.32 Å². The number of esters is 1. The fourth-order valence-corrected chi connectivity index (χ4v) is 3.32. The number of nitrogens with one attached hydrogen (secondary N) is 1. The highest BCUT2D eigenvalue weighted by atomic mass is 16.5. The molecule has 2 amide bonds. The van der Waals surface area contributed by atoms with Crippen LogP contribution in [-0.2, 0) is 25.5 Å². The van der Waals surface area contributed by atoms with Crippen LogP contribution in [0.15, 0.2) is 54.6 Å². The van der Waals surface area contributed by atoms with E-state index in [4.69, 9.17) is 4.74 Å². The van der Waals surface area contributed by atoms with Gasteiger partial charge in [0.15, 0.2) is 12.4 Å². The molecule has 0 radical (unpaired) electrons. The largest absolute Gasteiger partial charge is 0.455 e. The number of nitrogens with zero attached hydrogens (tertiary/aromatic N) is 1. The van der Waals surface area contributed by atoms with E-state index >= 15 is 0 Å². The summed E-state index contributed by atoms with van der Waals surface area (Å²) >= 11 is 0. The normalized spacial score (nSPS) is 15.7. The number of benzene rings is 2. The van der Waals surface area contributed by atoms with Gasteiger partial charge in [-0.05, 0) is 31.0 Å². The van der Waals surface area contributed by atoms with Crippen molar-refractivity contribution < 1.29 is 23.9 Å². The van der Waals surface area contributed by atoms with Crippen molar-refractivity contribution in [1.82, 2.24) is 4.90 Å². The molecule has 0 aliphatic carbocycles. The van der Waals surface area contributed by atoms with E-state index in [1.165, 1.54) is 6.92 Å². The second kappa shape index (κ2) is 9.82. The van der Waals surface area contributed by atoms with Gasteiger partial charge in [-0.25, -0.2) is 0 Å². The third kappa shape index (κ3) is 5.76. The van der Waals surface area contributed by atoms with Gasteiger partial charge in [0.05, 0.1) is 5.92 Å². The molecule has 7 heteroatoms. The van der Waals surface area contributed by atoms with E-state index in [0.29, 0.717) is 24.3 Å². The number of hydrogen-bond donors (Lipinski definition) is 1. The molecule has 30 heavy (non-hydrogen) atoms. The molecule has 1 aliphatic rings. The summed E-state index contributed by atoms with van der Waals surface area (Å²) in [5.41, 5.74) is 2.05. The second-order valence-corrected chi connectivity index (χ2v) is 7.27. The van der Waals surface area contributed by atoms with Crippen LogP contribution in [0.4, 0.5) is 5.69 Å². The molecule has 1 fully saturated rings. The lowest BCUT2D eigenvalue weighted by Gasteiger charge is -2.16. The maximum absolute atomic E-state index is 12.3. The van der Waals surface area contributed by atoms with E-state index in [2.05, 4.69) is 5.32 Å². The molecular formula is C23H24N2O5. The van der Waals surface area contributed by atoms with E-state index < -0.39 is 24.4 Å². The predicted molar refractivity (Wildman–Crippen MR) is 111 cm³/mol. The summed E-state index contributed by atoms with van der Waals surface area (Å²) in [6, 6.07) is 16.3. The molecule has 0 aromatic heterocycles. The summed E-state index contributed by atoms with van der Waals surface area (Å²) in [4.78, 5) is 49.6. The molecule has 1 aliphatic heterocycles. The van der Waals surface area contributed by atoms with Crippen molar-refractivity contribution in [3.8, 4) is 0 Å². The highest BCUT2D eigenvalue weighted by Gasteiger charge is 2.35. The Bertz CT molecular complexity index is 942. The standard InChI is InChI=1S/C23H24N2O5/c1-16(26)18-8-5-9-20(12-18)24-21(27)15-30-23(29)19-13-22(28)25(14-19)11-10-17-6-3-2-4-7-17/h2-9,12,19H,10-11,13-15H2,1H3,(H,24,27)/t19-/m0/s1. The van der Waals surface area contributed by atoms with Crippen molar-refractivity contribution in [2.75, 3.05) is 25.0 Å². The molecular weight excluding hydrogens is 384 g/mol. The molecule has 0 spiro atoms. The molecule has 156 valence electrons. The number of anilines is 1. The SMILES string of the molecule is CC(=O)c1cccc(NC(=O)COC(=O)[C@H]2CC(=O)N(CCc3ccccc3)C2)c1. The quantitative estimate of drug-likeness (QED) is 0.535. The molecule has 1 atom stereocenters. The summed E-state index contributed by atoms with van der Waals surface area (Å²) in [6.45, 7) is 1.83. The van der Waals surface area contributed by atoms with Gasteiger partial charge in [0.25, 0.3) is 5.91 Å². The molecule has 0 saturated carbocycles. The zero-order valence-electron chi connectivity index (χ0n) is 16.8. The zero-order chi connectivity index (χ0) is 21.5. The third-order valence-electron chi connectivity index (χ3n) is 4.96. The van der Waals surface area contributed by atoms with Crippen molar-refractivity contribution in [1.29, 1.82) is 0 Å². The fraction of sp³-hybridized carbons (Fsp3) is 0.304. The number of carbonyl (C=O) groups excluding carboxylic acids is 4. The minimum absolute atomic E-state index is 0.0848. The van der Waals surface area contributed by atoms with Crippen molar-refractivity contribution >= 4 is 29.3 Å². The van der Waals surface area contributed by atoms with Crippen LogP contribution in [0.5, 0.6) is 0 Å². The Morgan fingerprint density at radius 3 is 2.60 bits per heavy atom. The minimum atomic E-state index is -0.567. The van der Waals surface area contributed by atoms with E-state index in [1.54, 1.807) is 29.2 Å². The molecule has 1 saturated heterocycles. The molecule has 2 aromatic carbocycles. The Morgan fingerprint density at radius 2 is 1.87 bits per heavy atom. The van der Waals surface area contributed by atoms with E-state index in [-0.39, 0.29) is 18.1 Å². The minimum Gasteiger partial charge on any atom is -0.455 e. The third-order valence-corrected chi connectivity index (χ3v) is 4.96. The number of ketones is 1. The lowest BCUT2D eigenvalue weighted by Crippen LogP contribution is -2.29. The van der Waals surface area contributed by atoms with Crippen LogP contribution in [0, 0.1) is 5.92 Å². The van der Waals surface area contributed by atoms with Crippen LogP contribution in [0.3, 0.4) is 0 Å². The Hall–Kier alpha value is -3.48. The smallest absolute Gasteiger partial charge is 0.311 e. The number of Topliss-reactive ketones (excluding diaryl/α,β-unsaturated/α-hetero) is 1. The van der Waals surface area contributed by atoms with Crippen molar-refractivity contribution in [3.05, 3.63) is 65.7 Å². The number of rotatable bonds is 8. The first-order valence-corrected chi connectivity index (χ1v) is 9.81. The van der Waals surface area contributed by atoms with Crippen LogP contribution in [0.1, 0.15) is 29.3 Å². The van der Waals surface area contributed by atoms with Crippen molar-refractivity contribution in [2.24, 2.45) is 5.92 Å². The monoisotopic (exact) mass is 408 g/mol. The molecule has 0 unspecified atom stereocenters. The van der Waals surface area contributed by atoms with E-state index in [9.17, 15) is 19.2 Å². The van der Waals surface area contributed by atoms with Gasteiger partial charge in [-0.1, -0.05) is 42.5 Å². The topological polar surface area (TPSA) is 92.8 Å². The average molecular weight is 408 g/mol. The highest BCUT2D eigenvalue weighted by molar-refractivity contribution is 5.97. The second-order valence-electron chi connectivity index (χ2n) is 7.27. The molecule has 7 nitrogen and oxygen atoms in total. The lowest BCUT2D eigenvalue weighted by molar-refractivity contribution is -0.151. The van der Waals surface area contributed by atoms with Crippen LogP contribution >= 0.6 is 0 Å². The van der Waals surface area contributed by atoms with Gasteiger partial charge in [-0.3, -0.25) is 19.2 Å². The number of amides is 2. The van der Waals surface area contributed by atoms with Gasteiger partial charge in [0.1, 0.15) is 0 Å². The van der Waals surface area contributed by atoms with Crippen molar-refractivity contribution in [2.45, 2.75) is 19.8 Å². The van der Waals surface area contributed by atoms with Gasteiger partial charge >= 0.3 is 5.97 Å². The molecule has 3 rings (SSSR count).